The second kappa shape index (κ2) is 6.26. The molecule has 2 heterocycles. The van der Waals surface area contributed by atoms with Gasteiger partial charge in [-0.1, -0.05) is 6.07 Å². The monoisotopic (exact) mass is 362 g/mol. The highest BCUT2D eigenvalue weighted by Crippen LogP contribution is 2.44. The second-order valence-corrected chi connectivity index (χ2v) is 7.12. The summed E-state index contributed by atoms with van der Waals surface area (Å²) in [6.45, 7) is 2.00. The van der Waals surface area contributed by atoms with E-state index in [9.17, 15) is 14.7 Å². The van der Waals surface area contributed by atoms with Crippen LogP contribution in [0, 0.1) is 5.92 Å². The van der Waals surface area contributed by atoms with Gasteiger partial charge in [0, 0.05) is 40.2 Å². The van der Waals surface area contributed by atoms with Crippen LogP contribution in [0.25, 0.3) is 0 Å². The molecule has 8 nitrogen and oxygen atoms in total. The van der Waals surface area contributed by atoms with Gasteiger partial charge in [0.25, 0.3) is 0 Å². The van der Waals surface area contributed by atoms with E-state index in [1.165, 1.54) is 7.11 Å². The zero-order chi connectivity index (χ0) is 19.3. The van der Waals surface area contributed by atoms with E-state index >= 15 is 0 Å². The molecule has 26 heavy (non-hydrogen) atoms. The number of carbonyl (C=O) groups excluding carboxylic acids is 2. The minimum Gasteiger partial charge on any atom is -0.504 e. The molecule has 2 aliphatic heterocycles. The van der Waals surface area contributed by atoms with Crippen molar-refractivity contribution < 1.29 is 19.4 Å². The summed E-state index contributed by atoms with van der Waals surface area (Å²) in [5.41, 5.74) is 0.863. The number of ether oxygens (including phenoxy) is 1. The number of amides is 4. The molecule has 1 aromatic rings. The molecule has 1 N–H and O–H groups in total. The van der Waals surface area contributed by atoms with Gasteiger partial charge in [0.1, 0.15) is 6.17 Å². The number of benzene rings is 1. The zero-order valence-corrected chi connectivity index (χ0v) is 16.0. The standard InChI is InChI=1S/C18H26N4O4/c1-10-14-15(11-7-8-12(23)13(9-11)26-6)20(3)18(25)22(5)16(14)21(4)17(24)19(10)2/h7-10,14-16,23H,1-6H3/t10-,14-,15-,16+/m0/s1. The summed E-state index contributed by atoms with van der Waals surface area (Å²) in [5, 5.41) is 9.92. The van der Waals surface area contributed by atoms with Crippen molar-refractivity contribution in [3.63, 3.8) is 0 Å². The predicted octanol–water partition coefficient (Wildman–Crippen LogP) is 1.77. The lowest BCUT2D eigenvalue weighted by Crippen LogP contribution is -2.71. The molecule has 0 aliphatic carbocycles. The van der Waals surface area contributed by atoms with Crippen molar-refractivity contribution >= 4 is 12.1 Å². The zero-order valence-electron chi connectivity index (χ0n) is 16.0. The molecule has 0 saturated carbocycles. The van der Waals surface area contributed by atoms with Gasteiger partial charge in [-0.15, -0.1) is 0 Å². The Kier molecular flexibility index (Phi) is 4.37. The lowest BCUT2D eigenvalue weighted by Gasteiger charge is -2.57. The van der Waals surface area contributed by atoms with Gasteiger partial charge in [-0.2, -0.15) is 0 Å². The number of phenols is 1. The smallest absolute Gasteiger partial charge is 0.321 e. The number of rotatable bonds is 2. The van der Waals surface area contributed by atoms with Crippen molar-refractivity contribution in [1.82, 2.24) is 19.6 Å². The second-order valence-electron chi connectivity index (χ2n) is 7.12. The molecule has 0 radical (unpaired) electrons. The summed E-state index contributed by atoms with van der Waals surface area (Å²) in [4.78, 5) is 32.1. The molecule has 1 aromatic carbocycles. The highest BCUT2D eigenvalue weighted by atomic mass is 16.5. The average molecular weight is 362 g/mol. The Morgan fingerprint density at radius 2 is 1.54 bits per heavy atom. The Morgan fingerprint density at radius 1 is 0.962 bits per heavy atom. The van der Waals surface area contributed by atoms with Crippen molar-refractivity contribution in [3.8, 4) is 11.5 Å². The lowest BCUT2D eigenvalue weighted by atomic mass is 9.80. The maximum absolute atomic E-state index is 12.8. The molecular weight excluding hydrogens is 336 g/mol. The van der Waals surface area contributed by atoms with Crippen LogP contribution in [0.1, 0.15) is 18.5 Å². The van der Waals surface area contributed by atoms with E-state index in [0.29, 0.717) is 5.75 Å². The van der Waals surface area contributed by atoms with Crippen molar-refractivity contribution in [2.75, 3.05) is 35.3 Å². The first-order valence-corrected chi connectivity index (χ1v) is 8.56. The van der Waals surface area contributed by atoms with Gasteiger partial charge in [-0.05, 0) is 24.6 Å². The molecule has 2 saturated heterocycles. The summed E-state index contributed by atoms with van der Waals surface area (Å²) >= 11 is 0. The Bertz CT molecular complexity index is 736. The lowest BCUT2D eigenvalue weighted by molar-refractivity contribution is -0.0652. The van der Waals surface area contributed by atoms with E-state index in [1.807, 2.05) is 6.92 Å². The van der Waals surface area contributed by atoms with Crippen molar-refractivity contribution in [2.24, 2.45) is 5.92 Å². The molecule has 0 spiro atoms. The minimum atomic E-state index is -0.345. The summed E-state index contributed by atoms with van der Waals surface area (Å²) < 4.78 is 5.24. The number of carbonyl (C=O) groups is 2. The molecule has 2 fully saturated rings. The first kappa shape index (κ1) is 18.2. The molecular formula is C18H26N4O4. The molecule has 8 heteroatoms. The van der Waals surface area contributed by atoms with Crippen LogP contribution in [0.3, 0.4) is 0 Å². The first-order valence-electron chi connectivity index (χ1n) is 8.56. The Morgan fingerprint density at radius 3 is 2.12 bits per heavy atom. The highest BCUT2D eigenvalue weighted by Gasteiger charge is 2.54. The molecule has 2 aliphatic rings. The van der Waals surface area contributed by atoms with Crippen LogP contribution in [0.2, 0.25) is 0 Å². The molecule has 0 aromatic heterocycles. The predicted molar refractivity (Wildman–Crippen MR) is 96.0 cm³/mol. The average Bonchev–Trinajstić information content (AvgIpc) is 2.63. The van der Waals surface area contributed by atoms with Gasteiger partial charge in [0.15, 0.2) is 11.5 Å². The van der Waals surface area contributed by atoms with E-state index in [0.717, 1.165) is 5.56 Å². The van der Waals surface area contributed by atoms with Crippen LogP contribution in [-0.4, -0.2) is 84.3 Å². The fourth-order valence-electron chi connectivity index (χ4n) is 4.31. The number of aromatic hydroxyl groups is 1. The van der Waals surface area contributed by atoms with Gasteiger partial charge in [-0.25, -0.2) is 9.59 Å². The van der Waals surface area contributed by atoms with E-state index < -0.39 is 0 Å². The molecule has 0 bridgehead atoms. The summed E-state index contributed by atoms with van der Waals surface area (Å²) in [5.74, 6) is 0.375. The maximum Gasteiger partial charge on any atom is 0.321 e. The number of hydrogen-bond donors (Lipinski definition) is 1. The van der Waals surface area contributed by atoms with E-state index in [1.54, 1.807) is 66.0 Å². The fraction of sp³-hybridized carbons (Fsp3) is 0.556. The SMILES string of the molecule is COc1cc([C@H]2[C@H]3[C@H](N(C)C(=O)N(C)[C@H]3C)N(C)C(=O)N2C)ccc1O. The summed E-state index contributed by atoms with van der Waals surface area (Å²) in [6, 6.07) is 4.54. The number of fused-ring (bicyclic) bond motifs is 1. The quantitative estimate of drug-likeness (QED) is 0.870. The van der Waals surface area contributed by atoms with Gasteiger partial charge in [0.2, 0.25) is 0 Å². The third-order valence-electron chi connectivity index (χ3n) is 5.84. The minimum absolute atomic E-state index is 0.0374. The van der Waals surface area contributed by atoms with E-state index in [-0.39, 0.29) is 42.0 Å². The number of phenolic OH excluding ortho intramolecular Hbond substituents is 1. The van der Waals surface area contributed by atoms with Crippen LogP contribution in [0.5, 0.6) is 11.5 Å². The van der Waals surface area contributed by atoms with Crippen molar-refractivity contribution in [2.45, 2.75) is 25.2 Å². The van der Waals surface area contributed by atoms with Gasteiger partial charge in [0.05, 0.1) is 13.2 Å². The summed E-state index contributed by atoms with van der Waals surface area (Å²) in [6.07, 6.45) is -0.345. The topological polar surface area (TPSA) is 76.6 Å². The summed E-state index contributed by atoms with van der Waals surface area (Å²) in [7, 11) is 8.50. The molecule has 142 valence electrons. The molecule has 0 unspecified atom stereocenters. The van der Waals surface area contributed by atoms with E-state index in [4.69, 9.17) is 4.74 Å². The van der Waals surface area contributed by atoms with Crippen LogP contribution < -0.4 is 4.74 Å². The van der Waals surface area contributed by atoms with Crippen LogP contribution in [0.4, 0.5) is 9.59 Å². The van der Waals surface area contributed by atoms with Gasteiger partial charge < -0.3 is 29.4 Å². The third-order valence-corrected chi connectivity index (χ3v) is 5.84. The molecule has 3 rings (SSSR count). The molecule has 4 amide bonds. The number of hydrogen-bond acceptors (Lipinski definition) is 4. The van der Waals surface area contributed by atoms with Crippen molar-refractivity contribution in [1.29, 1.82) is 0 Å². The van der Waals surface area contributed by atoms with E-state index in [2.05, 4.69) is 0 Å². The maximum atomic E-state index is 12.8. The van der Waals surface area contributed by atoms with Crippen molar-refractivity contribution in [3.05, 3.63) is 23.8 Å². The first-order chi connectivity index (χ1) is 12.2. The third kappa shape index (κ3) is 2.43. The van der Waals surface area contributed by atoms with Crippen LogP contribution >= 0.6 is 0 Å². The van der Waals surface area contributed by atoms with Gasteiger partial charge >= 0.3 is 12.1 Å². The highest BCUT2D eigenvalue weighted by molar-refractivity contribution is 5.80. The largest absolute Gasteiger partial charge is 0.504 e. The normalized spacial score (nSPS) is 29.2. The Labute approximate surface area is 153 Å². The number of nitrogens with zero attached hydrogens (tertiary/aromatic N) is 4. The number of methoxy groups -OCH3 is 1. The number of urea groups is 2. The Balaban J connectivity index is 2.13. The van der Waals surface area contributed by atoms with Gasteiger partial charge in [-0.3, -0.25) is 0 Å². The Hall–Kier alpha value is -2.64. The fourth-order valence-corrected chi connectivity index (χ4v) is 4.31. The van der Waals surface area contributed by atoms with Crippen LogP contribution in [-0.2, 0) is 0 Å². The molecule has 4 atom stereocenters. The van der Waals surface area contributed by atoms with Crippen LogP contribution in [0.15, 0.2) is 18.2 Å².